The third-order valence-electron chi connectivity index (χ3n) is 2.75. The van der Waals surface area contributed by atoms with E-state index in [-0.39, 0.29) is 0 Å². The van der Waals surface area contributed by atoms with Crippen LogP contribution < -0.4 is 5.32 Å². The number of aryl methyl sites for hydroxylation is 1. The van der Waals surface area contributed by atoms with E-state index < -0.39 is 0 Å². The minimum atomic E-state index is 0.329. The first-order valence-electron chi connectivity index (χ1n) is 6.48. The minimum Gasteiger partial charge on any atom is -0.439 e. The molecular weight excluding hydrogens is 258 g/mol. The van der Waals surface area contributed by atoms with E-state index in [9.17, 15) is 0 Å². The largest absolute Gasteiger partial charge is 0.439 e. The van der Waals surface area contributed by atoms with Crippen molar-refractivity contribution in [3.05, 3.63) is 35.9 Å². The number of nitrogens with one attached hydrogen (secondary N) is 1. The normalized spacial score (nSPS) is 12.6. The highest BCUT2D eigenvalue weighted by atomic mass is 32.2. The summed E-state index contributed by atoms with van der Waals surface area (Å²) >= 11 is 1.44. The third-order valence-corrected chi connectivity index (χ3v) is 3.56. The Hall–Kier alpha value is -1.33. The van der Waals surface area contributed by atoms with Gasteiger partial charge in [-0.15, -0.1) is 0 Å². The van der Waals surface area contributed by atoms with Gasteiger partial charge in [-0.1, -0.05) is 13.0 Å². The molecule has 2 heterocycles. The highest BCUT2D eigenvalue weighted by molar-refractivity contribution is 7.99. The maximum absolute atomic E-state index is 5.30. The highest BCUT2D eigenvalue weighted by Gasteiger charge is 2.07. The van der Waals surface area contributed by atoms with Crippen LogP contribution in [0.15, 0.2) is 39.3 Å². The lowest BCUT2D eigenvalue weighted by Gasteiger charge is -2.13. The van der Waals surface area contributed by atoms with Crippen LogP contribution in [0.2, 0.25) is 0 Å². The summed E-state index contributed by atoms with van der Waals surface area (Å²) in [5.41, 5.74) is 2.08. The maximum Gasteiger partial charge on any atom is 0.262 e. The smallest absolute Gasteiger partial charge is 0.262 e. The fourth-order valence-electron chi connectivity index (χ4n) is 1.66. The minimum absolute atomic E-state index is 0.329. The second-order valence-electron chi connectivity index (χ2n) is 4.46. The van der Waals surface area contributed by atoms with Crippen molar-refractivity contribution in [3.63, 3.8) is 0 Å². The maximum atomic E-state index is 5.30. The van der Waals surface area contributed by atoms with Crippen LogP contribution in [0, 0.1) is 6.92 Å². The predicted octanol–water partition coefficient (Wildman–Crippen LogP) is 3.59. The molecule has 2 aromatic rings. The molecule has 4 nitrogen and oxygen atoms in total. The standard InChI is InChI=1S/C14H19N3OS/c1-4-7-15-11(3)12-5-6-13(16-8-12)19-14-17-10(2)9-18-14/h5-6,8-9,11,15H,4,7H2,1-3H3. The van der Waals surface area contributed by atoms with Crippen molar-refractivity contribution in [1.29, 1.82) is 0 Å². The zero-order valence-corrected chi connectivity index (χ0v) is 12.3. The first-order valence-corrected chi connectivity index (χ1v) is 7.30. The molecule has 0 aliphatic carbocycles. The Morgan fingerprint density at radius 2 is 2.26 bits per heavy atom. The van der Waals surface area contributed by atoms with Gasteiger partial charge in [0.15, 0.2) is 0 Å². The lowest BCUT2D eigenvalue weighted by Crippen LogP contribution is -2.19. The molecular formula is C14H19N3OS. The molecule has 0 aliphatic heterocycles. The van der Waals surface area contributed by atoms with Crippen LogP contribution >= 0.6 is 11.8 Å². The van der Waals surface area contributed by atoms with E-state index in [1.54, 1.807) is 6.26 Å². The molecule has 0 bridgehead atoms. The molecule has 0 radical (unpaired) electrons. The lowest BCUT2D eigenvalue weighted by atomic mass is 10.1. The van der Waals surface area contributed by atoms with Gasteiger partial charge in [0.25, 0.3) is 5.22 Å². The molecule has 0 spiro atoms. The van der Waals surface area contributed by atoms with E-state index in [0.717, 1.165) is 23.7 Å². The molecule has 0 amide bonds. The van der Waals surface area contributed by atoms with Crippen molar-refractivity contribution in [1.82, 2.24) is 15.3 Å². The Bertz CT molecular complexity index is 510. The zero-order valence-electron chi connectivity index (χ0n) is 11.5. The third kappa shape index (κ3) is 4.08. The molecule has 0 saturated heterocycles. The Kier molecular flexibility index (Phi) is 4.99. The molecule has 2 rings (SSSR count). The fourth-order valence-corrected chi connectivity index (χ4v) is 2.36. The Morgan fingerprint density at radius 1 is 1.42 bits per heavy atom. The van der Waals surface area contributed by atoms with Crippen molar-refractivity contribution >= 4 is 11.8 Å². The lowest BCUT2D eigenvalue weighted by molar-refractivity contribution is 0.454. The van der Waals surface area contributed by atoms with Crippen LogP contribution in [0.5, 0.6) is 0 Å². The Morgan fingerprint density at radius 3 is 2.84 bits per heavy atom. The molecule has 102 valence electrons. The summed E-state index contributed by atoms with van der Waals surface area (Å²) in [6, 6.07) is 4.43. The Labute approximate surface area is 118 Å². The van der Waals surface area contributed by atoms with Gasteiger partial charge in [-0.25, -0.2) is 9.97 Å². The van der Waals surface area contributed by atoms with Crippen molar-refractivity contribution in [3.8, 4) is 0 Å². The first-order chi connectivity index (χ1) is 9.19. The molecule has 0 aliphatic rings. The average Bonchev–Trinajstić information content (AvgIpc) is 2.82. The number of hydrogen-bond acceptors (Lipinski definition) is 5. The van der Waals surface area contributed by atoms with Crippen LogP contribution in [-0.4, -0.2) is 16.5 Å². The van der Waals surface area contributed by atoms with E-state index >= 15 is 0 Å². The summed E-state index contributed by atoms with van der Waals surface area (Å²) < 4.78 is 5.30. The van der Waals surface area contributed by atoms with Crippen molar-refractivity contribution in [2.24, 2.45) is 0 Å². The van der Waals surface area contributed by atoms with E-state index in [1.807, 2.05) is 19.2 Å². The number of hydrogen-bond donors (Lipinski definition) is 1. The van der Waals surface area contributed by atoms with Crippen molar-refractivity contribution < 1.29 is 4.42 Å². The summed E-state index contributed by atoms with van der Waals surface area (Å²) in [4.78, 5) is 8.68. The van der Waals surface area contributed by atoms with Gasteiger partial charge in [0.1, 0.15) is 11.3 Å². The second kappa shape index (κ2) is 6.73. The SMILES string of the molecule is CCCNC(C)c1ccc(Sc2nc(C)co2)nc1. The van der Waals surface area contributed by atoms with Gasteiger partial charge in [-0.2, -0.15) is 0 Å². The predicted molar refractivity (Wildman–Crippen MR) is 76.3 cm³/mol. The summed E-state index contributed by atoms with van der Waals surface area (Å²) in [6.45, 7) is 7.24. The van der Waals surface area contributed by atoms with Crippen LogP contribution in [0.25, 0.3) is 0 Å². The summed E-state index contributed by atoms with van der Waals surface area (Å²) in [6.07, 6.45) is 4.69. The number of pyridine rings is 1. The van der Waals surface area contributed by atoms with Gasteiger partial charge in [-0.3, -0.25) is 0 Å². The number of aromatic nitrogens is 2. The molecule has 5 heteroatoms. The van der Waals surface area contributed by atoms with E-state index in [0.29, 0.717) is 11.3 Å². The summed E-state index contributed by atoms with van der Waals surface area (Å²) in [5, 5.41) is 4.97. The molecule has 0 saturated carbocycles. The van der Waals surface area contributed by atoms with Crippen LogP contribution in [0.3, 0.4) is 0 Å². The van der Waals surface area contributed by atoms with Crippen LogP contribution in [0.4, 0.5) is 0 Å². The molecule has 0 fully saturated rings. The summed E-state index contributed by atoms with van der Waals surface area (Å²) in [7, 11) is 0. The van der Waals surface area contributed by atoms with Crippen molar-refractivity contribution in [2.45, 2.75) is 43.5 Å². The zero-order chi connectivity index (χ0) is 13.7. The summed E-state index contributed by atoms with van der Waals surface area (Å²) in [5.74, 6) is 0. The molecule has 19 heavy (non-hydrogen) atoms. The molecule has 1 unspecified atom stereocenters. The quantitative estimate of drug-likeness (QED) is 0.874. The topological polar surface area (TPSA) is 51.0 Å². The van der Waals surface area contributed by atoms with Gasteiger partial charge >= 0.3 is 0 Å². The van der Waals surface area contributed by atoms with E-state index in [1.165, 1.54) is 17.3 Å². The Balaban J connectivity index is 1.98. The van der Waals surface area contributed by atoms with Crippen LogP contribution in [-0.2, 0) is 0 Å². The van der Waals surface area contributed by atoms with E-state index in [2.05, 4.69) is 35.2 Å². The molecule has 0 aromatic carbocycles. The molecule has 1 N–H and O–H groups in total. The van der Waals surface area contributed by atoms with Gasteiger partial charge < -0.3 is 9.73 Å². The average molecular weight is 277 g/mol. The highest BCUT2D eigenvalue weighted by Crippen LogP contribution is 2.25. The fraction of sp³-hybridized carbons (Fsp3) is 0.429. The number of rotatable bonds is 6. The van der Waals surface area contributed by atoms with Gasteiger partial charge in [0, 0.05) is 12.2 Å². The first kappa shape index (κ1) is 14.1. The van der Waals surface area contributed by atoms with E-state index in [4.69, 9.17) is 4.42 Å². The van der Waals surface area contributed by atoms with Crippen molar-refractivity contribution in [2.75, 3.05) is 6.54 Å². The number of nitrogens with zero attached hydrogens (tertiary/aromatic N) is 2. The monoisotopic (exact) mass is 277 g/mol. The second-order valence-corrected chi connectivity index (χ2v) is 5.43. The number of oxazole rings is 1. The van der Waals surface area contributed by atoms with Gasteiger partial charge in [0.2, 0.25) is 0 Å². The van der Waals surface area contributed by atoms with Crippen LogP contribution in [0.1, 0.15) is 37.6 Å². The molecule has 1 atom stereocenters. The molecule has 2 aromatic heterocycles. The van der Waals surface area contributed by atoms with Gasteiger partial charge in [0.05, 0.1) is 5.69 Å². The van der Waals surface area contributed by atoms with Gasteiger partial charge in [-0.05, 0) is 50.2 Å².